The molecule has 0 N–H and O–H groups in total. The predicted molar refractivity (Wildman–Crippen MR) is 123 cm³/mol. The first kappa shape index (κ1) is 23.4. The molecule has 1 unspecified atom stereocenters. The van der Waals surface area contributed by atoms with Crippen molar-refractivity contribution in [2.45, 2.75) is 26.4 Å². The van der Waals surface area contributed by atoms with Gasteiger partial charge in [-0.2, -0.15) is 0 Å². The van der Waals surface area contributed by atoms with Gasteiger partial charge in [0.15, 0.2) is 11.5 Å². The molecule has 0 spiro atoms. The van der Waals surface area contributed by atoms with Crippen molar-refractivity contribution in [1.29, 1.82) is 0 Å². The molecule has 9 heteroatoms. The van der Waals surface area contributed by atoms with Gasteiger partial charge in [-0.1, -0.05) is 11.6 Å². The monoisotopic (exact) mass is 459 g/mol. The molecule has 0 fully saturated rings. The normalized spacial score (nSPS) is 11.8. The predicted octanol–water partition coefficient (Wildman–Crippen LogP) is 3.93. The Labute approximate surface area is 191 Å². The van der Waals surface area contributed by atoms with Crippen LogP contribution in [0.3, 0.4) is 0 Å². The minimum Gasteiger partial charge on any atom is -0.493 e. The minimum absolute atomic E-state index is 0.199. The molecule has 1 aromatic heterocycles. The highest BCUT2D eigenvalue weighted by Crippen LogP contribution is 2.38. The van der Waals surface area contributed by atoms with Crippen molar-refractivity contribution in [1.82, 2.24) is 14.5 Å². The lowest BCUT2D eigenvalue weighted by atomic mass is 10.1. The van der Waals surface area contributed by atoms with E-state index in [0.29, 0.717) is 51.1 Å². The van der Waals surface area contributed by atoms with Gasteiger partial charge in [0.25, 0.3) is 11.5 Å². The van der Waals surface area contributed by atoms with Gasteiger partial charge in [-0.05, 0) is 44.2 Å². The standard InChI is InChI=1S/C23H26ClN3O5/c1-7-27-21(25-17-9-8-15(24)12-16(17)23(27)29)13(2)26(3)22(28)14-10-18(30-4)20(32-6)19(11-14)31-5/h8-13H,7H2,1-6H3. The van der Waals surface area contributed by atoms with E-state index in [-0.39, 0.29) is 11.5 Å². The average Bonchev–Trinajstić information content (AvgIpc) is 2.81. The van der Waals surface area contributed by atoms with Gasteiger partial charge in [0.1, 0.15) is 5.82 Å². The highest BCUT2D eigenvalue weighted by molar-refractivity contribution is 6.31. The third-order valence-corrected chi connectivity index (χ3v) is 5.68. The molecule has 0 aliphatic heterocycles. The van der Waals surface area contributed by atoms with Crippen LogP contribution in [0.15, 0.2) is 35.1 Å². The quantitative estimate of drug-likeness (QED) is 0.532. The smallest absolute Gasteiger partial charge is 0.261 e. The van der Waals surface area contributed by atoms with E-state index in [9.17, 15) is 9.59 Å². The fraction of sp³-hybridized carbons (Fsp3) is 0.348. The summed E-state index contributed by atoms with van der Waals surface area (Å²) in [5.41, 5.74) is 0.682. The van der Waals surface area contributed by atoms with Gasteiger partial charge < -0.3 is 19.1 Å². The zero-order chi connectivity index (χ0) is 23.6. The Balaban J connectivity index is 2.06. The van der Waals surface area contributed by atoms with Crippen LogP contribution in [0.2, 0.25) is 5.02 Å². The molecular formula is C23H26ClN3O5. The molecule has 2 aromatic carbocycles. The second-order valence-electron chi connectivity index (χ2n) is 7.19. The Kier molecular flexibility index (Phi) is 6.93. The summed E-state index contributed by atoms with van der Waals surface area (Å²) in [6.07, 6.45) is 0. The number of methoxy groups -OCH3 is 3. The van der Waals surface area contributed by atoms with Crippen LogP contribution in [0, 0.1) is 0 Å². The summed E-state index contributed by atoms with van der Waals surface area (Å²) in [4.78, 5) is 32.6. The number of amides is 1. The summed E-state index contributed by atoms with van der Waals surface area (Å²) in [6.45, 7) is 4.09. The van der Waals surface area contributed by atoms with Gasteiger partial charge in [0, 0.05) is 24.2 Å². The van der Waals surface area contributed by atoms with Crippen molar-refractivity contribution in [3.05, 3.63) is 57.1 Å². The van der Waals surface area contributed by atoms with Crippen LogP contribution in [-0.4, -0.2) is 48.7 Å². The lowest BCUT2D eigenvalue weighted by Gasteiger charge is -2.27. The average molecular weight is 460 g/mol. The summed E-state index contributed by atoms with van der Waals surface area (Å²) in [7, 11) is 6.14. The molecule has 8 nitrogen and oxygen atoms in total. The molecule has 3 rings (SSSR count). The van der Waals surface area contributed by atoms with E-state index in [4.69, 9.17) is 25.8 Å². The van der Waals surface area contributed by atoms with E-state index in [1.54, 1.807) is 41.9 Å². The number of carbonyl (C=O) groups excluding carboxylic acids is 1. The van der Waals surface area contributed by atoms with Crippen molar-refractivity contribution >= 4 is 28.4 Å². The van der Waals surface area contributed by atoms with Crippen LogP contribution in [0.4, 0.5) is 0 Å². The highest BCUT2D eigenvalue weighted by atomic mass is 35.5. The third kappa shape index (κ3) is 4.10. The number of rotatable bonds is 7. The van der Waals surface area contributed by atoms with E-state index in [1.165, 1.54) is 26.2 Å². The van der Waals surface area contributed by atoms with E-state index in [1.807, 2.05) is 13.8 Å². The maximum atomic E-state index is 13.3. The molecule has 1 amide bonds. The van der Waals surface area contributed by atoms with Gasteiger partial charge in [-0.15, -0.1) is 0 Å². The van der Waals surface area contributed by atoms with Crippen LogP contribution in [0.1, 0.15) is 36.1 Å². The van der Waals surface area contributed by atoms with Crippen LogP contribution >= 0.6 is 11.6 Å². The fourth-order valence-electron chi connectivity index (χ4n) is 3.59. The van der Waals surface area contributed by atoms with Crippen molar-refractivity contribution < 1.29 is 19.0 Å². The van der Waals surface area contributed by atoms with Gasteiger partial charge in [0.05, 0.1) is 38.3 Å². The van der Waals surface area contributed by atoms with Gasteiger partial charge >= 0.3 is 0 Å². The van der Waals surface area contributed by atoms with E-state index >= 15 is 0 Å². The largest absolute Gasteiger partial charge is 0.493 e. The molecule has 170 valence electrons. The Hall–Kier alpha value is -3.26. The summed E-state index contributed by atoms with van der Waals surface area (Å²) in [6, 6.07) is 7.69. The number of halogens is 1. The highest BCUT2D eigenvalue weighted by Gasteiger charge is 2.26. The number of nitrogens with zero attached hydrogens (tertiary/aromatic N) is 3. The molecule has 1 atom stereocenters. The van der Waals surface area contributed by atoms with Crippen LogP contribution in [-0.2, 0) is 6.54 Å². The molecule has 0 radical (unpaired) electrons. The first-order valence-electron chi connectivity index (χ1n) is 10.0. The molecule has 32 heavy (non-hydrogen) atoms. The Morgan fingerprint density at radius 3 is 2.28 bits per heavy atom. The Morgan fingerprint density at radius 2 is 1.75 bits per heavy atom. The number of aromatic nitrogens is 2. The SMILES string of the molecule is CCn1c(C(C)N(C)C(=O)c2cc(OC)c(OC)c(OC)c2)nc2ccc(Cl)cc2c1=O. The van der Waals surface area contributed by atoms with Crippen molar-refractivity contribution in [2.75, 3.05) is 28.4 Å². The minimum atomic E-state index is -0.491. The lowest BCUT2D eigenvalue weighted by Crippen LogP contribution is -2.35. The lowest BCUT2D eigenvalue weighted by molar-refractivity contribution is 0.0732. The van der Waals surface area contributed by atoms with E-state index in [0.717, 1.165) is 0 Å². The molecule has 0 bridgehead atoms. The maximum Gasteiger partial charge on any atom is 0.261 e. The number of carbonyl (C=O) groups is 1. The van der Waals surface area contributed by atoms with Crippen molar-refractivity contribution in [2.24, 2.45) is 0 Å². The molecule has 0 saturated carbocycles. The first-order valence-corrected chi connectivity index (χ1v) is 10.4. The van der Waals surface area contributed by atoms with Crippen molar-refractivity contribution in [3.8, 4) is 17.2 Å². The van der Waals surface area contributed by atoms with E-state index in [2.05, 4.69) is 4.98 Å². The Bertz CT molecular complexity index is 1200. The number of fused-ring (bicyclic) bond motifs is 1. The van der Waals surface area contributed by atoms with Gasteiger partial charge in [-0.25, -0.2) is 4.98 Å². The molecular weight excluding hydrogens is 434 g/mol. The fourth-order valence-corrected chi connectivity index (χ4v) is 3.76. The third-order valence-electron chi connectivity index (χ3n) is 5.45. The summed E-state index contributed by atoms with van der Waals surface area (Å²) in [5.74, 6) is 1.35. The van der Waals surface area contributed by atoms with Crippen LogP contribution < -0.4 is 19.8 Å². The number of ether oxygens (including phenoxy) is 3. The second kappa shape index (κ2) is 9.48. The molecule has 0 aliphatic carbocycles. The van der Waals surface area contributed by atoms with E-state index < -0.39 is 6.04 Å². The second-order valence-corrected chi connectivity index (χ2v) is 7.62. The maximum absolute atomic E-state index is 13.3. The zero-order valence-electron chi connectivity index (χ0n) is 18.9. The number of hydrogen-bond donors (Lipinski definition) is 0. The topological polar surface area (TPSA) is 82.9 Å². The molecule has 0 saturated heterocycles. The zero-order valence-corrected chi connectivity index (χ0v) is 19.7. The molecule has 0 aliphatic rings. The number of hydrogen-bond acceptors (Lipinski definition) is 6. The first-order chi connectivity index (χ1) is 15.3. The molecule has 1 heterocycles. The summed E-state index contributed by atoms with van der Waals surface area (Å²) in [5, 5.41) is 0.906. The Morgan fingerprint density at radius 1 is 1.12 bits per heavy atom. The van der Waals surface area contributed by atoms with Crippen LogP contribution in [0.25, 0.3) is 10.9 Å². The molecule has 3 aromatic rings. The van der Waals surface area contributed by atoms with Gasteiger partial charge in [-0.3, -0.25) is 14.2 Å². The summed E-state index contributed by atoms with van der Waals surface area (Å²) < 4.78 is 17.6. The summed E-state index contributed by atoms with van der Waals surface area (Å²) >= 11 is 6.06. The van der Waals surface area contributed by atoms with Crippen LogP contribution in [0.5, 0.6) is 17.2 Å². The van der Waals surface area contributed by atoms with Crippen molar-refractivity contribution in [3.63, 3.8) is 0 Å². The number of benzene rings is 2. The van der Waals surface area contributed by atoms with Gasteiger partial charge in [0.2, 0.25) is 5.75 Å².